The number of aromatic amines is 1. The van der Waals surface area contributed by atoms with Crippen molar-refractivity contribution in [2.24, 2.45) is 0 Å². The Bertz CT molecular complexity index is 1670. The van der Waals surface area contributed by atoms with E-state index in [1.807, 2.05) is 25.1 Å². The Balaban J connectivity index is 1.79. The summed E-state index contributed by atoms with van der Waals surface area (Å²) in [6, 6.07) is 14.9. The number of benzene rings is 2. The minimum atomic E-state index is -0.553. The molecule has 0 saturated heterocycles. The third-order valence-electron chi connectivity index (χ3n) is 5.67. The molecular formula is C25H18ClN5O3. The largest absolute Gasteiger partial charge is 0.361 e. The van der Waals surface area contributed by atoms with Crippen LogP contribution in [0.25, 0.3) is 27.5 Å². The molecule has 5 aromatic rings. The van der Waals surface area contributed by atoms with Crippen LogP contribution in [-0.2, 0) is 0 Å². The van der Waals surface area contributed by atoms with Gasteiger partial charge in [-0.2, -0.15) is 0 Å². The van der Waals surface area contributed by atoms with Gasteiger partial charge in [0.25, 0.3) is 5.56 Å². The molecule has 0 aliphatic heterocycles. The smallest absolute Gasteiger partial charge is 0.264 e. The molecule has 0 saturated carbocycles. The molecule has 168 valence electrons. The Kier molecular flexibility index (Phi) is 5.43. The second kappa shape index (κ2) is 8.57. The predicted octanol–water partition coefficient (Wildman–Crippen LogP) is 4.26. The normalized spacial score (nSPS) is 12.1. The molecule has 2 N–H and O–H groups in total. The van der Waals surface area contributed by atoms with E-state index in [0.717, 1.165) is 0 Å². The summed E-state index contributed by atoms with van der Waals surface area (Å²) in [5.74, 6) is 0.309. The van der Waals surface area contributed by atoms with Crippen LogP contribution >= 0.6 is 11.6 Å². The summed E-state index contributed by atoms with van der Waals surface area (Å²) in [6.07, 6.45) is 3.51. The first-order chi connectivity index (χ1) is 16.5. The number of nitrogens with one attached hydrogen (secondary N) is 2. The van der Waals surface area contributed by atoms with Gasteiger partial charge in [-0.3, -0.25) is 19.0 Å². The molecule has 0 aliphatic carbocycles. The minimum Gasteiger partial charge on any atom is -0.361 e. The molecule has 3 heterocycles. The number of halogens is 1. The van der Waals surface area contributed by atoms with Crippen LogP contribution in [0.5, 0.6) is 0 Å². The lowest BCUT2D eigenvalue weighted by atomic mass is 10.0. The van der Waals surface area contributed by atoms with Crippen LogP contribution < -0.4 is 16.3 Å². The fourth-order valence-electron chi connectivity index (χ4n) is 4.16. The number of aromatic nitrogens is 4. The molecular weight excluding hydrogens is 454 g/mol. The molecule has 2 aromatic carbocycles. The number of anilines is 1. The van der Waals surface area contributed by atoms with Crippen LogP contribution in [0, 0.1) is 0 Å². The quantitative estimate of drug-likeness (QED) is 0.370. The Labute approximate surface area is 197 Å². The molecule has 0 spiro atoms. The molecule has 0 radical (unpaired) electrons. The number of pyridine rings is 2. The fraction of sp³-hybridized carbons (Fsp3) is 0.0800. The summed E-state index contributed by atoms with van der Waals surface area (Å²) in [5.41, 5.74) is 1.08. The van der Waals surface area contributed by atoms with Crippen molar-refractivity contribution in [3.05, 3.63) is 104 Å². The Morgan fingerprint density at radius 3 is 2.59 bits per heavy atom. The number of rotatable bonds is 5. The standard InChI is InChI=1S/C25H18ClN5O3/c1-14(30-24-20-18(33)10-11-27-23(20)28-13-29-24)22-21(26)17-9-5-6-15(12-32)19(17)25(34)31(22)16-7-3-2-4-8-16/h2-14H,1H3,(H2,27,28,29,30,33). The van der Waals surface area contributed by atoms with Crippen molar-refractivity contribution in [2.75, 3.05) is 5.32 Å². The molecule has 0 bridgehead atoms. The van der Waals surface area contributed by atoms with Crippen molar-refractivity contribution in [2.45, 2.75) is 13.0 Å². The number of hydrogen-bond acceptors (Lipinski definition) is 6. The van der Waals surface area contributed by atoms with Gasteiger partial charge in [0, 0.05) is 28.9 Å². The first-order valence-corrected chi connectivity index (χ1v) is 10.9. The number of nitrogens with zero attached hydrogens (tertiary/aromatic N) is 3. The van der Waals surface area contributed by atoms with Gasteiger partial charge >= 0.3 is 0 Å². The molecule has 0 amide bonds. The van der Waals surface area contributed by atoms with Gasteiger partial charge in [0.2, 0.25) is 0 Å². The summed E-state index contributed by atoms with van der Waals surface area (Å²) in [7, 11) is 0. The maximum Gasteiger partial charge on any atom is 0.264 e. The monoisotopic (exact) mass is 471 g/mol. The molecule has 34 heavy (non-hydrogen) atoms. The SMILES string of the molecule is CC(Nc1ncnc2[nH]ccc(=O)c12)c1c(Cl)c2cccc(C=O)c2c(=O)n1-c1ccccc1. The van der Waals surface area contributed by atoms with E-state index in [1.54, 1.807) is 30.3 Å². The van der Waals surface area contributed by atoms with E-state index in [-0.39, 0.29) is 21.9 Å². The lowest BCUT2D eigenvalue weighted by molar-refractivity contribution is 0.112. The molecule has 0 fully saturated rings. The number of aldehydes is 1. The second-order valence-electron chi connectivity index (χ2n) is 7.72. The highest BCUT2D eigenvalue weighted by atomic mass is 35.5. The maximum absolute atomic E-state index is 13.7. The molecule has 1 unspecified atom stereocenters. The van der Waals surface area contributed by atoms with E-state index >= 15 is 0 Å². The van der Waals surface area contributed by atoms with Crippen LogP contribution in [0.2, 0.25) is 5.02 Å². The molecule has 5 rings (SSSR count). The molecule has 1 atom stereocenters. The van der Waals surface area contributed by atoms with Crippen LogP contribution in [0.4, 0.5) is 5.82 Å². The average molecular weight is 472 g/mol. The number of H-pyrrole nitrogens is 1. The van der Waals surface area contributed by atoms with Crippen molar-refractivity contribution < 1.29 is 4.79 Å². The van der Waals surface area contributed by atoms with Gasteiger partial charge in [-0.15, -0.1) is 0 Å². The van der Waals surface area contributed by atoms with Crippen molar-refractivity contribution >= 4 is 45.5 Å². The third-order valence-corrected chi connectivity index (χ3v) is 6.07. The maximum atomic E-state index is 13.7. The highest BCUT2D eigenvalue weighted by Gasteiger charge is 2.23. The van der Waals surface area contributed by atoms with Crippen molar-refractivity contribution in [3.8, 4) is 5.69 Å². The summed E-state index contributed by atoms with van der Waals surface area (Å²) in [6.45, 7) is 1.82. The first kappa shape index (κ1) is 21.5. The summed E-state index contributed by atoms with van der Waals surface area (Å²) < 4.78 is 1.49. The third kappa shape index (κ3) is 3.45. The number of fused-ring (bicyclic) bond motifs is 2. The van der Waals surface area contributed by atoms with Crippen molar-refractivity contribution in [1.29, 1.82) is 0 Å². The van der Waals surface area contributed by atoms with Crippen molar-refractivity contribution in [3.63, 3.8) is 0 Å². The Morgan fingerprint density at radius 2 is 1.82 bits per heavy atom. The number of para-hydroxylation sites is 1. The van der Waals surface area contributed by atoms with Gasteiger partial charge in [-0.25, -0.2) is 9.97 Å². The van der Waals surface area contributed by atoms with E-state index in [1.165, 1.54) is 23.2 Å². The zero-order valence-corrected chi connectivity index (χ0v) is 18.7. The van der Waals surface area contributed by atoms with E-state index < -0.39 is 6.04 Å². The summed E-state index contributed by atoms with van der Waals surface area (Å²) in [4.78, 5) is 49.3. The van der Waals surface area contributed by atoms with E-state index in [9.17, 15) is 14.4 Å². The lowest BCUT2D eigenvalue weighted by Crippen LogP contribution is -2.27. The van der Waals surface area contributed by atoms with Crippen LogP contribution in [0.1, 0.15) is 29.0 Å². The van der Waals surface area contributed by atoms with Crippen LogP contribution in [0.15, 0.2) is 76.7 Å². The predicted molar refractivity (Wildman–Crippen MR) is 132 cm³/mol. The second-order valence-corrected chi connectivity index (χ2v) is 8.09. The van der Waals surface area contributed by atoms with Crippen LogP contribution in [-0.4, -0.2) is 25.8 Å². The van der Waals surface area contributed by atoms with E-state index in [2.05, 4.69) is 20.3 Å². The average Bonchev–Trinajstić information content (AvgIpc) is 2.86. The van der Waals surface area contributed by atoms with Crippen molar-refractivity contribution in [1.82, 2.24) is 19.5 Å². The zero-order valence-electron chi connectivity index (χ0n) is 17.9. The van der Waals surface area contributed by atoms with Crippen LogP contribution in [0.3, 0.4) is 0 Å². The number of hydrogen-bond donors (Lipinski definition) is 2. The number of carbonyl (C=O) groups excluding carboxylic acids is 1. The minimum absolute atomic E-state index is 0.242. The summed E-state index contributed by atoms with van der Waals surface area (Å²) in [5, 5.41) is 4.55. The van der Waals surface area contributed by atoms with Gasteiger partial charge in [-0.1, -0.05) is 48.0 Å². The van der Waals surface area contributed by atoms with Gasteiger partial charge in [0.15, 0.2) is 11.7 Å². The molecule has 3 aromatic heterocycles. The van der Waals surface area contributed by atoms with Gasteiger partial charge in [-0.05, 0) is 19.1 Å². The molecule has 0 aliphatic rings. The van der Waals surface area contributed by atoms with Gasteiger partial charge in [0.1, 0.15) is 23.2 Å². The first-order valence-electron chi connectivity index (χ1n) is 10.5. The lowest BCUT2D eigenvalue weighted by Gasteiger charge is -2.23. The highest BCUT2D eigenvalue weighted by molar-refractivity contribution is 6.36. The van der Waals surface area contributed by atoms with Gasteiger partial charge in [0.05, 0.1) is 22.1 Å². The van der Waals surface area contributed by atoms with E-state index in [4.69, 9.17) is 11.6 Å². The Hall–Kier alpha value is -4.30. The Morgan fingerprint density at radius 1 is 1.03 bits per heavy atom. The topological polar surface area (TPSA) is 110 Å². The summed E-state index contributed by atoms with van der Waals surface area (Å²) >= 11 is 6.89. The highest BCUT2D eigenvalue weighted by Crippen LogP contribution is 2.33. The molecule has 8 nitrogen and oxygen atoms in total. The number of carbonyl (C=O) groups is 1. The molecule has 9 heteroatoms. The zero-order chi connectivity index (χ0) is 23.8. The van der Waals surface area contributed by atoms with Gasteiger partial charge < -0.3 is 10.3 Å². The van der Waals surface area contributed by atoms with E-state index in [0.29, 0.717) is 44.9 Å². The fourth-order valence-corrected chi connectivity index (χ4v) is 4.56.